The van der Waals surface area contributed by atoms with Gasteiger partial charge >= 0.3 is 5.69 Å². The van der Waals surface area contributed by atoms with Gasteiger partial charge in [0, 0.05) is 11.8 Å². The third kappa shape index (κ3) is 3.60. The van der Waals surface area contributed by atoms with Crippen LogP contribution in [0.5, 0.6) is 0 Å². The summed E-state index contributed by atoms with van der Waals surface area (Å²) in [6, 6.07) is 0. The molecular formula is C15H23N3O5S. The molecule has 3 heterocycles. The monoisotopic (exact) mass is 357 g/mol. The Balaban J connectivity index is 1.71. The number of nitrogens with two attached hydrogens (primary N) is 1. The highest BCUT2D eigenvalue weighted by Crippen LogP contribution is 2.34. The second-order valence-corrected chi connectivity index (χ2v) is 7.55. The molecule has 0 bridgehead atoms. The van der Waals surface area contributed by atoms with E-state index in [2.05, 4.69) is 4.98 Å². The standard InChI is InChI=1S/C15H23N3O5S/c16-14-8(3-4-10-13(21)12(20)9(19)7-23-10)6-18(15(22)17-14)11-2-1-5-24-11/h6,9-13,19-21H,1-5,7H2,(H2,16,17,22)/t9-,10+,11?,12-,13+/m1/s1. The number of hydrogen-bond acceptors (Lipinski definition) is 8. The topological polar surface area (TPSA) is 131 Å². The number of nitrogen functional groups attached to an aromatic ring is 1. The molecule has 2 fully saturated rings. The molecule has 1 unspecified atom stereocenters. The Kier molecular flexibility index (Phi) is 5.46. The summed E-state index contributed by atoms with van der Waals surface area (Å²) in [5.74, 6) is 1.21. The molecule has 2 saturated heterocycles. The van der Waals surface area contributed by atoms with Crippen LogP contribution in [-0.4, -0.2) is 61.6 Å². The molecule has 24 heavy (non-hydrogen) atoms. The first kappa shape index (κ1) is 17.7. The molecule has 0 amide bonds. The Labute approximate surface area is 143 Å². The number of rotatable bonds is 4. The maximum Gasteiger partial charge on any atom is 0.350 e. The van der Waals surface area contributed by atoms with E-state index in [1.165, 1.54) is 0 Å². The Hall–Kier alpha value is -1.13. The summed E-state index contributed by atoms with van der Waals surface area (Å²) in [7, 11) is 0. The minimum Gasteiger partial charge on any atom is -0.388 e. The van der Waals surface area contributed by atoms with Gasteiger partial charge in [-0.3, -0.25) is 4.57 Å². The molecule has 9 heteroatoms. The van der Waals surface area contributed by atoms with Crippen LogP contribution in [0.4, 0.5) is 5.82 Å². The van der Waals surface area contributed by atoms with Crippen molar-refractivity contribution < 1.29 is 20.1 Å². The Morgan fingerprint density at radius 1 is 1.38 bits per heavy atom. The SMILES string of the molecule is Nc1nc(=O)n(C2CCCS2)cc1CC[C@@H]1OC[C@@H](O)[C@@H](O)[C@H]1O. The van der Waals surface area contributed by atoms with Crippen molar-refractivity contribution >= 4 is 17.6 Å². The minimum absolute atomic E-state index is 0.0190. The van der Waals surface area contributed by atoms with Crippen LogP contribution in [0.15, 0.2) is 11.0 Å². The molecule has 0 radical (unpaired) electrons. The van der Waals surface area contributed by atoms with Crippen LogP contribution in [0.1, 0.15) is 30.2 Å². The predicted molar refractivity (Wildman–Crippen MR) is 89.7 cm³/mol. The van der Waals surface area contributed by atoms with Crippen LogP contribution < -0.4 is 11.4 Å². The summed E-state index contributed by atoms with van der Waals surface area (Å²) in [6.45, 7) is -0.0190. The van der Waals surface area contributed by atoms with E-state index in [1.807, 2.05) is 0 Å². The van der Waals surface area contributed by atoms with Gasteiger partial charge in [0.1, 0.15) is 24.1 Å². The largest absolute Gasteiger partial charge is 0.388 e. The second kappa shape index (κ2) is 7.40. The molecule has 5 atom stereocenters. The van der Waals surface area contributed by atoms with Crippen molar-refractivity contribution in [3.8, 4) is 0 Å². The van der Waals surface area contributed by atoms with Crippen LogP contribution in [0, 0.1) is 0 Å². The molecule has 3 rings (SSSR count). The van der Waals surface area contributed by atoms with E-state index in [9.17, 15) is 20.1 Å². The van der Waals surface area contributed by atoms with Gasteiger partial charge in [-0.2, -0.15) is 4.98 Å². The zero-order valence-electron chi connectivity index (χ0n) is 13.2. The van der Waals surface area contributed by atoms with Gasteiger partial charge < -0.3 is 25.8 Å². The van der Waals surface area contributed by atoms with Gasteiger partial charge in [-0.25, -0.2) is 4.79 Å². The zero-order valence-corrected chi connectivity index (χ0v) is 14.1. The van der Waals surface area contributed by atoms with Crippen LogP contribution in [0.25, 0.3) is 0 Å². The van der Waals surface area contributed by atoms with Gasteiger partial charge in [-0.1, -0.05) is 0 Å². The summed E-state index contributed by atoms with van der Waals surface area (Å²) in [6.07, 6.45) is 0.575. The van der Waals surface area contributed by atoms with Gasteiger partial charge in [0.05, 0.1) is 18.1 Å². The number of thioether (sulfide) groups is 1. The molecule has 1 aromatic heterocycles. The molecule has 1 aromatic rings. The highest BCUT2D eigenvalue weighted by molar-refractivity contribution is 7.99. The molecule has 0 saturated carbocycles. The van der Waals surface area contributed by atoms with Crippen molar-refractivity contribution in [2.75, 3.05) is 18.1 Å². The molecular weight excluding hydrogens is 334 g/mol. The number of aliphatic hydroxyl groups is 3. The van der Waals surface area contributed by atoms with E-state index in [4.69, 9.17) is 10.5 Å². The molecule has 5 N–H and O–H groups in total. The first-order valence-corrected chi connectivity index (χ1v) is 9.17. The van der Waals surface area contributed by atoms with Crippen molar-refractivity contribution in [2.24, 2.45) is 0 Å². The highest BCUT2D eigenvalue weighted by Gasteiger charge is 2.37. The lowest BCUT2D eigenvalue weighted by Crippen LogP contribution is -2.52. The van der Waals surface area contributed by atoms with Gasteiger partial charge in [0.2, 0.25) is 0 Å². The molecule has 134 valence electrons. The Morgan fingerprint density at radius 2 is 2.17 bits per heavy atom. The normalized spacial score (nSPS) is 33.7. The predicted octanol–water partition coefficient (Wildman–Crippen LogP) is -0.735. The zero-order chi connectivity index (χ0) is 17.3. The number of aromatic nitrogens is 2. The molecule has 0 spiro atoms. The van der Waals surface area contributed by atoms with E-state index < -0.39 is 24.4 Å². The lowest BCUT2D eigenvalue weighted by atomic mass is 9.95. The van der Waals surface area contributed by atoms with Crippen molar-refractivity contribution in [3.63, 3.8) is 0 Å². The third-order valence-electron chi connectivity index (χ3n) is 4.58. The Morgan fingerprint density at radius 3 is 2.88 bits per heavy atom. The molecule has 0 aromatic carbocycles. The van der Waals surface area contributed by atoms with Crippen molar-refractivity contribution in [2.45, 2.75) is 55.5 Å². The van der Waals surface area contributed by atoms with Crippen molar-refractivity contribution in [1.29, 1.82) is 0 Å². The number of nitrogens with zero attached hydrogens (tertiary/aromatic N) is 2. The molecule has 2 aliphatic rings. The minimum atomic E-state index is -1.22. The number of hydrogen-bond donors (Lipinski definition) is 4. The van der Waals surface area contributed by atoms with Crippen LogP contribution in [0.3, 0.4) is 0 Å². The van der Waals surface area contributed by atoms with Gasteiger partial charge in [-0.15, -0.1) is 11.8 Å². The molecule has 2 aliphatic heterocycles. The van der Waals surface area contributed by atoms with E-state index in [0.29, 0.717) is 12.8 Å². The van der Waals surface area contributed by atoms with E-state index in [-0.39, 0.29) is 23.5 Å². The highest BCUT2D eigenvalue weighted by atomic mass is 32.2. The lowest BCUT2D eigenvalue weighted by molar-refractivity contribution is -0.188. The Bertz CT molecular complexity index is 634. The maximum atomic E-state index is 12.0. The number of ether oxygens (including phenoxy) is 1. The first-order chi connectivity index (χ1) is 11.5. The average Bonchev–Trinajstić information content (AvgIpc) is 3.07. The summed E-state index contributed by atoms with van der Waals surface area (Å²) in [5, 5.41) is 29.3. The van der Waals surface area contributed by atoms with Crippen molar-refractivity contribution in [1.82, 2.24) is 9.55 Å². The number of anilines is 1. The number of aliphatic hydroxyl groups excluding tert-OH is 3. The van der Waals surface area contributed by atoms with E-state index in [0.717, 1.165) is 24.2 Å². The lowest BCUT2D eigenvalue weighted by Gasteiger charge is -2.35. The molecule has 8 nitrogen and oxygen atoms in total. The fourth-order valence-electron chi connectivity index (χ4n) is 3.12. The number of aryl methyl sites for hydroxylation is 1. The summed E-state index contributed by atoms with van der Waals surface area (Å²) in [5.41, 5.74) is 6.24. The van der Waals surface area contributed by atoms with Crippen LogP contribution in [-0.2, 0) is 11.2 Å². The van der Waals surface area contributed by atoms with Gasteiger partial charge in [0.25, 0.3) is 0 Å². The van der Waals surface area contributed by atoms with Gasteiger partial charge in [-0.05, 0) is 31.4 Å². The smallest absolute Gasteiger partial charge is 0.350 e. The first-order valence-electron chi connectivity index (χ1n) is 8.12. The summed E-state index contributed by atoms with van der Waals surface area (Å²) >= 11 is 1.73. The summed E-state index contributed by atoms with van der Waals surface area (Å²) < 4.78 is 7.02. The quantitative estimate of drug-likeness (QED) is 0.554. The fourth-order valence-corrected chi connectivity index (χ4v) is 4.37. The third-order valence-corrected chi connectivity index (χ3v) is 5.95. The van der Waals surface area contributed by atoms with Crippen LogP contribution >= 0.6 is 11.8 Å². The fraction of sp³-hybridized carbons (Fsp3) is 0.733. The van der Waals surface area contributed by atoms with Crippen LogP contribution in [0.2, 0.25) is 0 Å². The average molecular weight is 357 g/mol. The summed E-state index contributed by atoms with van der Waals surface area (Å²) in [4.78, 5) is 16.0. The van der Waals surface area contributed by atoms with Gasteiger partial charge in [0.15, 0.2) is 0 Å². The maximum absolute atomic E-state index is 12.0. The second-order valence-electron chi connectivity index (χ2n) is 6.27. The van der Waals surface area contributed by atoms with Crippen molar-refractivity contribution in [3.05, 3.63) is 22.2 Å². The molecule has 0 aliphatic carbocycles. The van der Waals surface area contributed by atoms with E-state index in [1.54, 1.807) is 22.5 Å². The van der Waals surface area contributed by atoms with E-state index >= 15 is 0 Å².